The van der Waals surface area contributed by atoms with Crippen LogP contribution in [0.3, 0.4) is 0 Å². The first kappa shape index (κ1) is 18.7. The van der Waals surface area contributed by atoms with E-state index >= 15 is 0 Å². The molecule has 4 aromatic rings. The van der Waals surface area contributed by atoms with Crippen LogP contribution >= 0.6 is 0 Å². The monoisotopic (exact) mass is 390 g/mol. The summed E-state index contributed by atoms with van der Waals surface area (Å²) in [5.74, 6) is -0.328. The molecule has 2 aromatic carbocycles. The Bertz CT molecular complexity index is 1300. The molecule has 0 unspecified atom stereocenters. The third-order valence-corrected chi connectivity index (χ3v) is 4.95. The third kappa shape index (κ3) is 3.35. The van der Waals surface area contributed by atoms with Gasteiger partial charge in [0.2, 0.25) is 0 Å². The number of para-hydroxylation sites is 2. The van der Waals surface area contributed by atoms with Crippen LogP contribution in [0.15, 0.2) is 59.4 Å². The highest BCUT2D eigenvalue weighted by atomic mass is 19.1. The van der Waals surface area contributed by atoms with E-state index in [4.69, 9.17) is 0 Å². The lowest BCUT2D eigenvalue weighted by atomic mass is 10.1. The van der Waals surface area contributed by atoms with Gasteiger partial charge in [-0.25, -0.2) is 4.39 Å². The second-order valence-electron chi connectivity index (χ2n) is 6.95. The van der Waals surface area contributed by atoms with Gasteiger partial charge in [-0.15, -0.1) is 0 Å². The standard InChI is InChI=1S/C22H19FN4O2/c1-14-10-21(29)27-20-5-3-2-4-19(20)26(22(27)18(14)11-24)13-17(28)12-25-16-8-6-15(23)7-9-16/h2-10,17,25,28H,12-13H2,1H3/t17-/m1/s1. The van der Waals surface area contributed by atoms with Gasteiger partial charge in [-0.3, -0.25) is 9.20 Å². The number of pyridine rings is 1. The Morgan fingerprint density at radius 2 is 1.86 bits per heavy atom. The van der Waals surface area contributed by atoms with Crippen LogP contribution < -0.4 is 10.9 Å². The maximum Gasteiger partial charge on any atom is 0.257 e. The van der Waals surface area contributed by atoms with Crippen LogP contribution in [-0.2, 0) is 6.54 Å². The van der Waals surface area contributed by atoms with Crippen LogP contribution in [0.2, 0.25) is 0 Å². The molecule has 0 aliphatic carbocycles. The van der Waals surface area contributed by atoms with Crippen molar-refractivity contribution in [3.63, 3.8) is 0 Å². The Labute approximate surface area is 166 Å². The van der Waals surface area contributed by atoms with Gasteiger partial charge >= 0.3 is 0 Å². The van der Waals surface area contributed by atoms with Crippen LogP contribution in [0.1, 0.15) is 11.1 Å². The summed E-state index contributed by atoms with van der Waals surface area (Å²) in [6.07, 6.45) is -0.804. The lowest BCUT2D eigenvalue weighted by molar-refractivity contribution is 0.169. The van der Waals surface area contributed by atoms with Crippen molar-refractivity contribution < 1.29 is 9.50 Å². The number of rotatable bonds is 5. The normalized spacial score (nSPS) is 12.2. The van der Waals surface area contributed by atoms with E-state index in [1.165, 1.54) is 22.6 Å². The fraction of sp³-hybridized carbons (Fsp3) is 0.182. The summed E-state index contributed by atoms with van der Waals surface area (Å²) in [5, 5.41) is 23.4. The van der Waals surface area contributed by atoms with Gasteiger partial charge in [0.25, 0.3) is 5.56 Å². The second-order valence-corrected chi connectivity index (χ2v) is 6.95. The van der Waals surface area contributed by atoms with E-state index in [0.717, 1.165) is 5.52 Å². The van der Waals surface area contributed by atoms with Gasteiger partial charge in [0.05, 0.1) is 29.2 Å². The van der Waals surface area contributed by atoms with E-state index in [9.17, 15) is 19.6 Å². The van der Waals surface area contributed by atoms with Crippen molar-refractivity contribution in [2.24, 2.45) is 0 Å². The maximum absolute atomic E-state index is 13.0. The van der Waals surface area contributed by atoms with Crippen LogP contribution in [-0.4, -0.2) is 26.7 Å². The Morgan fingerprint density at radius 1 is 1.17 bits per heavy atom. The van der Waals surface area contributed by atoms with Gasteiger partial charge in [-0.05, 0) is 48.9 Å². The van der Waals surface area contributed by atoms with Crippen LogP contribution in [0.5, 0.6) is 0 Å². The molecule has 0 aliphatic rings. The number of aliphatic hydroxyl groups is 1. The molecule has 0 saturated carbocycles. The Hall–Kier alpha value is -3.63. The molecule has 0 amide bonds. The summed E-state index contributed by atoms with van der Waals surface area (Å²) in [4.78, 5) is 12.7. The number of imidazole rings is 1. The Balaban J connectivity index is 1.75. The number of aliphatic hydroxyl groups excluding tert-OH is 1. The number of benzene rings is 2. The summed E-state index contributed by atoms with van der Waals surface area (Å²) in [7, 11) is 0. The van der Waals surface area contributed by atoms with Crippen LogP contribution in [0.4, 0.5) is 10.1 Å². The molecule has 2 heterocycles. The number of fused-ring (bicyclic) bond motifs is 3. The zero-order valence-electron chi connectivity index (χ0n) is 15.8. The maximum atomic E-state index is 13.0. The quantitative estimate of drug-likeness (QED) is 0.549. The fourth-order valence-electron chi connectivity index (χ4n) is 3.60. The number of nitriles is 1. The molecule has 6 nitrogen and oxygen atoms in total. The fourth-order valence-corrected chi connectivity index (χ4v) is 3.60. The highest BCUT2D eigenvalue weighted by Crippen LogP contribution is 2.24. The first-order valence-corrected chi connectivity index (χ1v) is 9.21. The Morgan fingerprint density at radius 3 is 2.55 bits per heavy atom. The van der Waals surface area contributed by atoms with Crippen molar-refractivity contribution in [1.82, 2.24) is 8.97 Å². The largest absolute Gasteiger partial charge is 0.389 e. The van der Waals surface area contributed by atoms with Gasteiger partial charge in [0.15, 0.2) is 0 Å². The van der Waals surface area contributed by atoms with Crippen molar-refractivity contribution in [2.75, 3.05) is 11.9 Å². The lowest BCUT2D eigenvalue weighted by Gasteiger charge is -2.15. The average Bonchev–Trinajstić information content (AvgIpc) is 3.03. The number of hydrogen-bond donors (Lipinski definition) is 2. The van der Waals surface area contributed by atoms with Crippen LogP contribution in [0.25, 0.3) is 16.7 Å². The molecule has 0 fully saturated rings. The molecule has 0 radical (unpaired) electrons. The summed E-state index contributed by atoms with van der Waals surface area (Å²) < 4.78 is 16.4. The summed E-state index contributed by atoms with van der Waals surface area (Å²) in [6, 6.07) is 16.9. The molecule has 146 valence electrons. The Kier molecular flexibility index (Phi) is 4.79. The predicted molar refractivity (Wildman–Crippen MR) is 110 cm³/mol. The van der Waals surface area contributed by atoms with Gasteiger partial charge in [-0.2, -0.15) is 5.26 Å². The van der Waals surface area contributed by atoms with Gasteiger partial charge < -0.3 is 15.0 Å². The number of halogens is 1. The number of nitrogens with zero attached hydrogens (tertiary/aromatic N) is 3. The molecule has 0 spiro atoms. The van der Waals surface area contributed by atoms with E-state index in [1.807, 2.05) is 24.3 Å². The highest BCUT2D eigenvalue weighted by Gasteiger charge is 2.19. The van der Waals surface area contributed by atoms with Crippen molar-refractivity contribution in [2.45, 2.75) is 19.6 Å². The lowest BCUT2D eigenvalue weighted by Crippen LogP contribution is -2.25. The number of aryl methyl sites for hydroxylation is 1. The van der Waals surface area contributed by atoms with E-state index in [-0.39, 0.29) is 24.5 Å². The van der Waals surface area contributed by atoms with Crippen LogP contribution in [0, 0.1) is 24.1 Å². The van der Waals surface area contributed by atoms with E-state index in [1.54, 1.807) is 23.6 Å². The van der Waals surface area contributed by atoms with E-state index in [0.29, 0.717) is 28.0 Å². The smallest absolute Gasteiger partial charge is 0.257 e. The molecular weight excluding hydrogens is 371 g/mol. The number of nitrogens with one attached hydrogen (secondary N) is 1. The van der Waals surface area contributed by atoms with Crippen molar-refractivity contribution >= 4 is 22.4 Å². The van der Waals surface area contributed by atoms with Gasteiger partial charge in [0.1, 0.15) is 17.5 Å². The number of aromatic nitrogens is 2. The molecule has 0 bridgehead atoms. The molecule has 2 aromatic heterocycles. The SMILES string of the molecule is Cc1cc(=O)n2c3ccccc3n(C[C@H](O)CNc3ccc(F)cc3)c2c1C#N. The first-order chi connectivity index (χ1) is 14.0. The van der Waals surface area contributed by atoms with Gasteiger partial charge in [0, 0.05) is 18.3 Å². The minimum atomic E-state index is -0.804. The molecule has 7 heteroatoms. The molecule has 2 N–H and O–H groups in total. The topological polar surface area (TPSA) is 82.5 Å². The molecule has 0 aliphatic heterocycles. The first-order valence-electron chi connectivity index (χ1n) is 9.21. The molecule has 4 rings (SSSR count). The van der Waals surface area contributed by atoms with Crippen molar-refractivity contribution in [3.05, 3.63) is 81.9 Å². The number of hydrogen-bond acceptors (Lipinski definition) is 4. The van der Waals surface area contributed by atoms with Crippen molar-refractivity contribution in [3.8, 4) is 6.07 Å². The van der Waals surface area contributed by atoms with E-state index in [2.05, 4.69) is 11.4 Å². The van der Waals surface area contributed by atoms with E-state index < -0.39 is 6.10 Å². The summed E-state index contributed by atoms with van der Waals surface area (Å²) >= 11 is 0. The summed E-state index contributed by atoms with van der Waals surface area (Å²) in [6.45, 7) is 2.14. The minimum Gasteiger partial charge on any atom is -0.389 e. The zero-order chi connectivity index (χ0) is 20.5. The molecular formula is C22H19FN4O2. The second kappa shape index (κ2) is 7.41. The predicted octanol–water partition coefficient (Wildman–Crippen LogP) is 3.05. The third-order valence-electron chi connectivity index (χ3n) is 4.95. The number of anilines is 1. The van der Waals surface area contributed by atoms with Crippen molar-refractivity contribution in [1.29, 1.82) is 5.26 Å². The molecule has 29 heavy (non-hydrogen) atoms. The van der Waals surface area contributed by atoms with Gasteiger partial charge in [-0.1, -0.05) is 12.1 Å². The summed E-state index contributed by atoms with van der Waals surface area (Å²) in [5.41, 5.74) is 3.39. The average molecular weight is 390 g/mol. The highest BCUT2D eigenvalue weighted by molar-refractivity contribution is 5.84. The molecule has 1 atom stereocenters. The minimum absolute atomic E-state index is 0.183. The zero-order valence-corrected chi connectivity index (χ0v) is 15.8. The molecule has 0 saturated heterocycles.